The van der Waals surface area contributed by atoms with Gasteiger partial charge in [0.25, 0.3) is 0 Å². The fourth-order valence-electron chi connectivity index (χ4n) is 0.289. The van der Waals surface area contributed by atoms with Crippen LogP contribution in [0.3, 0.4) is 0 Å². The second-order valence-electron chi connectivity index (χ2n) is 2.10. The van der Waals surface area contributed by atoms with Crippen LogP contribution in [0, 0.1) is 0 Å². The van der Waals surface area contributed by atoms with Gasteiger partial charge in [-0.3, -0.25) is 0 Å². The Morgan fingerprint density at radius 1 is 0.800 bits per heavy atom. The average molecular weight is 455 g/mol. The van der Waals surface area contributed by atoms with Crippen molar-refractivity contribution in [2.45, 2.75) is 0 Å². The molecule has 8 nitrogen and oxygen atoms in total. The minimum Gasteiger partial charge on any atom is -0.748 e. The van der Waals surface area contributed by atoms with Crippen molar-refractivity contribution in [2.75, 3.05) is 24.6 Å². The largest absolute Gasteiger partial charge is 2.00 e. The van der Waals surface area contributed by atoms with Gasteiger partial charge in [-0.2, -0.15) is 0 Å². The van der Waals surface area contributed by atoms with Crippen LogP contribution >= 0.6 is 0 Å². The summed E-state index contributed by atoms with van der Waals surface area (Å²) in [7, 11) is -8.10. The molecule has 0 amide bonds. The molecule has 0 heterocycles. The van der Waals surface area contributed by atoms with Crippen LogP contribution in [0.2, 0.25) is 0 Å². The van der Waals surface area contributed by atoms with Gasteiger partial charge in [0.1, 0.15) is 0 Å². The van der Waals surface area contributed by atoms with Gasteiger partial charge < -0.3 is 20.6 Å². The van der Waals surface area contributed by atoms with Crippen molar-refractivity contribution in [2.24, 2.45) is 11.5 Å². The molecule has 0 bridgehead atoms. The van der Waals surface area contributed by atoms with Crippen molar-refractivity contribution in [3.63, 3.8) is 0 Å². The molecule has 0 fully saturated rings. The number of hydrogen-bond acceptors (Lipinski definition) is 8. The van der Waals surface area contributed by atoms with Gasteiger partial charge in [0.15, 0.2) is 0 Å². The number of hydrogen-bond donors (Lipinski definition) is 2. The molecular weight excluding hydrogens is 443 g/mol. The van der Waals surface area contributed by atoms with Crippen LogP contribution in [0.15, 0.2) is 0 Å². The van der Waals surface area contributed by atoms with E-state index in [4.69, 9.17) is 11.5 Å². The molecule has 0 unspecified atom stereocenters. The molecule has 0 aliphatic rings. The van der Waals surface area contributed by atoms with E-state index < -0.39 is 31.7 Å². The maximum atomic E-state index is 9.60. The Balaban J connectivity index is -0.000000180. The van der Waals surface area contributed by atoms with E-state index >= 15 is 0 Å². The molecule has 0 aromatic rings. The zero-order valence-corrected chi connectivity index (χ0v) is 13.3. The molecule has 0 spiro atoms. The predicted octanol–water partition coefficient (Wildman–Crippen LogP) is -3.40. The standard InChI is InChI=1S/2C2H7NO3S.Pb/c2*3-1-2-7(4,5)6;/h2*1-3H2,(H,4,5,6);/q;;+2/p-2. The summed E-state index contributed by atoms with van der Waals surface area (Å²) in [6.45, 7) is -0.183. The molecule has 0 aromatic heterocycles. The third-order valence-corrected chi connectivity index (χ3v) is 2.21. The first kappa shape index (κ1) is 21.0. The monoisotopic (exact) mass is 456 g/mol. The van der Waals surface area contributed by atoms with Crippen LogP contribution in [0.4, 0.5) is 0 Å². The number of nitrogens with two attached hydrogens (primary N) is 2. The molecule has 0 atom stereocenters. The molecule has 0 rings (SSSR count). The van der Waals surface area contributed by atoms with Crippen molar-refractivity contribution in [1.82, 2.24) is 0 Å². The van der Waals surface area contributed by atoms with Gasteiger partial charge in [0.2, 0.25) is 0 Å². The van der Waals surface area contributed by atoms with Crippen LogP contribution in [0.1, 0.15) is 0 Å². The van der Waals surface area contributed by atoms with Crippen LogP contribution in [0.5, 0.6) is 0 Å². The van der Waals surface area contributed by atoms with Gasteiger partial charge in [-0.1, -0.05) is 0 Å². The Morgan fingerprint density at radius 2 is 1.00 bits per heavy atom. The van der Waals surface area contributed by atoms with E-state index in [9.17, 15) is 25.9 Å². The van der Waals surface area contributed by atoms with Crippen LogP contribution in [0.25, 0.3) is 0 Å². The molecule has 0 aliphatic heterocycles. The van der Waals surface area contributed by atoms with E-state index in [2.05, 4.69) is 0 Å². The molecule has 2 radical (unpaired) electrons. The summed E-state index contributed by atoms with van der Waals surface area (Å²) in [5.74, 6) is -0.931. The third-order valence-electron chi connectivity index (χ3n) is 0.736. The SMILES string of the molecule is NCCS(=O)(=O)[O-].NCCS(=O)(=O)[O-].[Pb+2]. The summed E-state index contributed by atoms with van der Waals surface area (Å²) in [5, 5.41) is 0. The summed E-state index contributed by atoms with van der Waals surface area (Å²) >= 11 is 0. The Hall–Kier alpha value is 0.662. The molecule has 0 aliphatic carbocycles. The summed E-state index contributed by atoms with van der Waals surface area (Å²) in [6.07, 6.45) is 0. The molecule has 0 saturated heterocycles. The quantitative estimate of drug-likeness (QED) is 0.327. The summed E-state index contributed by atoms with van der Waals surface area (Å²) in [6, 6.07) is 0. The molecule has 90 valence electrons. The number of rotatable bonds is 4. The van der Waals surface area contributed by atoms with Gasteiger partial charge in [-0.15, -0.1) is 0 Å². The maximum Gasteiger partial charge on any atom is 2.00 e. The van der Waals surface area contributed by atoms with Crippen molar-refractivity contribution in [1.29, 1.82) is 0 Å². The van der Waals surface area contributed by atoms with Crippen molar-refractivity contribution < 1.29 is 25.9 Å². The van der Waals surface area contributed by atoms with Crippen LogP contribution in [-0.4, -0.2) is 77.8 Å². The fourth-order valence-corrected chi connectivity index (χ4v) is 0.866. The van der Waals surface area contributed by atoms with Gasteiger partial charge >= 0.3 is 27.3 Å². The maximum absolute atomic E-state index is 9.60. The Bertz CT molecular complexity index is 291. The van der Waals surface area contributed by atoms with Gasteiger partial charge in [-0.25, -0.2) is 16.8 Å². The van der Waals surface area contributed by atoms with E-state index in [0.29, 0.717) is 0 Å². The second kappa shape index (κ2) is 9.86. The van der Waals surface area contributed by atoms with Crippen LogP contribution < -0.4 is 11.5 Å². The Labute approximate surface area is 109 Å². The molecule has 15 heavy (non-hydrogen) atoms. The first-order valence-corrected chi connectivity index (χ1v) is 6.55. The van der Waals surface area contributed by atoms with Crippen molar-refractivity contribution >= 4 is 47.5 Å². The molecule has 11 heteroatoms. The Kier molecular flexibility index (Phi) is 13.8. The van der Waals surface area contributed by atoms with E-state index in [1.54, 1.807) is 0 Å². The van der Waals surface area contributed by atoms with Gasteiger partial charge in [-0.05, 0) is 0 Å². The van der Waals surface area contributed by atoms with Gasteiger partial charge in [0.05, 0.1) is 31.7 Å². The minimum atomic E-state index is -4.05. The normalized spacial score (nSPS) is 10.9. The Morgan fingerprint density at radius 3 is 1.00 bits per heavy atom. The average Bonchev–Trinajstić information content (AvgIpc) is 1.81. The summed E-state index contributed by atoms with van der Waals surface area (Å²) in [4.78, 5) is 0. The molecule has 4 N–H and O–H groups in total. The summed E-state index contributed by atoms with van der Waals surface area (Å²) < 4.78 is 57.6. The first-order chi connectivity index (χ1) is 6.12. The van der Waals surface area contributed by atoms with E-state index in [1.165, 1.54) is 0 Å². The minimum absolute atomic E-state index is 0. The third kappa shape index (κ3) is 31.3. The smallest absolute Gasteiger partial charge is 0.748 e. The second-order valence-corrected chi connectivity index (χ2v) is 5.15. The zero-order valence-electron chi connectivity index (χ0n) is 7.75. The van der Waals surface area contributed by atoms with E-state index in [1.807, 2.05) is 0 Å². The molecule has 0 saturated carbocycles. The van der Waals surface area contributed by atoms with E-state index in [-0.39, 0.29) is 40.4 Å². The zero-order chi connectivity index (χ0) is 11.8. The predicted molar refractivity (Wildman–Crippen MR) is 53.0 cm³/mol. The van der Waals surface area contributed by atoms with Crippen LogP contribution in [-0.2, 0) is 20.2 Å². The fraction of sp³-hybridized carbons (Fsp3) is 1.00. The molecule has 0 aromatic carbocycles. The van der Waals surface area contributed by atoms with Gasteiger partial charge in [0, 0.05) is 13.1 Å². The first-order valence-electron chi connectivity index (χ1n) is 3.39. The van der Waals surface area contributed by atoms with Crippen molar-refractivity contribution in [3.8, 4) is 0 Å². The molecular formula is C4H12N2O6PbS2. The van der Waals surface area contributed by atoms with Crippen molar-refractivity contribution in [3.05, 3.63) is 0 Å². The van der Waals surface area contributed by atoms with E-state index in [0.717, 1.165) is 0 Å². The summed E-state index contributed by atoms with van der Waals surface area (Å²) in [5.41, 5.74) is 9.47. The topological polar surface area (TPSA) is 166 Å².